The maximum atomic E-state index is 13.7. The Labute approximate surface area is 222 Å². The quantitative estimate of drug-likeness (QED) is 0.536. The molecule has 0 spiro atoms. The zero-order chi connectivity index (χ0) is 26.6. The molecule has 0 saturated carbocycles. The van der Waals surface area contributed by atoms with Crippen LogP contribution >= 0.6 is 0 Å². The summed E-state index contributed by atoms with van der Waals surface area (Å²) in [6.07, 6.45) is 5.51. The number of likely N-dealkylation sites (tertiary alicyclic amines) is 1. The molecule has 0 aliphatic carbocycles. The summed E-state index contributed by atoms with van der Waals surface area (Å²) in [5.74, 6) is 0.123. The SMILES string of the molecule is C=C/C=C(\C)N1CCN(Cc2cc(C(=O)N3CCC(C(=C)N)(c4ccccc4)CC3)c(C)cc2C)CC1. The van der Waals surface area contributed by atoms with Crippen molar-refractivity contribution in [3.05, 3.63) is 107 Å². The fourth-order valence-electron chi connectivity index (χ4n) is 5.89. The highest BCUT2D eigenvalue weighted by Crippen LogP contribution is 2.39. The van der Waals surface area contributed by atoms with Gasteiger partial charge in [0, 0.05) is 68.2 Å². The Bertz CT molecular complexity index is 1170. The van der Waals surface area contributed by atoms with Crippen LogP contribution in [-0.4, -0.2) is 59.9 Å². The molecule has 0 unspecified atom stereocenters. The fourth-order valence-corrected chi connectivity index (χ4v) is 5.89. The van der Waals surface area contributed by atoms with Crippen molar-refractivity contribution in [2.45, 2.75) is 45.6 Å². The van der Waals surface area contributed by atoms with Gasteiger partial charge in [-0.25, -0.2) is 0 Å². The Balaban J connectivity index is 1.45. The van der Waals surface area contributed by atoms with E-state index in [9.17, 15) is 4.79 Å². The summed E-state index contributed by atoms with van der Waals surface area (Å²) in [7, 11) is 0. The predicted octanol–water partition coefficient (Wildman–Crippen LogP) is 5.16. The number of piperazine rings is 1. The minimum absolute atomic E-state index is 0.123. The van der Waals surface area contributed by atoms with E-state index in [0.717, 1.165) is 56.7 Å². The molecule has 0 bridgehead atoms. The number of piperidine rings is 1. The molecule has 2 aliphatic heterocycles. The number of allylic oxidation sites excluding steroid dienone is 4. The average Bonchev–Trinajstić information content (AvgIpc) is 2.91. The van der Waals surface area contributed by atoms with Crippen molar-refractivity contribution in [3.63, 3.8) is 0 Å². The van der Waals surface area contributed by atoms with Gasteiger partial charge in [-0.3, -0.25) is 9.69 Å². The third-order valence-corrected chi connectivity index (χ3v) is 8.38. The maximum Gasteiger partial charge on any atom is 0.254 e. The molecule has 1 amide bonds. The topological polar surface area (TPSA) is 52.8 Å². The van der Waals surface area contributed by atoms with Crippen molar-refractivity contribution in [3.8, 4) is 0 Å². The highest BCUT2D eigenvalue weighted by molar-refractivity contribution is 5.96. The van der Waals surface area contributed by atoms with Crippen LogP contribution in [0.25, 0.3) is 0 Å². The molecule has 0 atom stereocenters. The summed E-state index contributed by atoms with van der Waals surface area (Å²) < 4.78 is 0. The summed E-state index contributed by atoms with van der Waals surface area (Å²) in [5.41, 5.74) is 13.6. The molecule has 2 heterocycles. The van der Waals surface area contributed by atoms with E-state index in [-0.39, 0.29) is 11.3 Å². The van der Waals surface area contributed by atoms with Crippen LogP contribution in [0.5, 0.6) is 0 Å². The van der Waals surface area contributed by atoms with Crippen LogP contribution in [0.2, 0.25) is 0 Å². The number of nitrogens with zero attached hydrogens (tertiary/aromatic N) is 3. The third kappa shape index (κ3) is 5.67. The molecule has 5 heteroatoms. The van der Waals surface area contributed by atoms with Crippen LogP contribution < -0.4 is 5.73 Å². The van der Waals surface area contributed by atoms with Crippen molar-refractivity contribution >= 4 is 5.91 Å². The van der Waals surface area contributed by atoms with E-state index in [1.54, 1.807) is 0 Å². The number of hydrogen-bond acceptors (Lipinski definition) is 4. The number of carbonyl (C=O) groups excluding carboxylic acids is 1. The second-order valence-electron chi connectivity index (χ2n) is 10.7. The molecule has 2 fully saturated rings. The number of rotatable bonds is 7. The van der Waals surface area contributed by atoms with Gasteiger partial charge in [-0.2, -0.15) is 0 Å². The first-order chi connectivity index (χ1) is 17.7. The Hall–Kier alpha value is -3.31. The van der Waals surface area contributed by atoms with Gasteiger partial charge in [0.15, 0.2) is 0 Å². The lowest BCUT2D eigenvalue weighted by molar-refractivity contribution is 0.0682. The average molecular weight is 499 g/mol. The van der Waals surface area contributed by atoms with Gasteiger partial charge in [-0.05, 0) is 68.0 Å². The molecule has 37 heavy (non-hydrogen) atoms. The minimum Gasteiger partial charge on any atom is -0.402 e. The highest BCUT2D eigenvalue weighted by Gasteiger charge is 2.39. The van der Waals surface area contributed by atoms with E-state index < -0.39 is 0 Å². The van der Waals surface area contributed by atoms with E-state index in [1.807, 2.05) is 29.2 Å². The van der Waals surface area contributed by atoms with Gasteiger partial charge in [0.2, 0.25) is 0 Å². The summed E-state index contributed by atoms with van der Waals surface area (Å²) in [6, 6.07) is 14.7. The van der Waals surface area contributed by atoms with Gasteiger partial charge in [-0.1, -0.05) is 55.6 Å². The molecule has 5 nitrogen and oxygen atoms in total. The zero-order valence-corrected chi connectivity index (χ0v) is 22.8. The molecular formula is C32H42N4O. The predicted molar refractivity (Wildman–Crippen MR) is 153 cm³/mol. The van der Waals surface area contributed by atoms with E-state index in [2.05, 4.69) is 74.1 Å². The summed E-state index contributed by atoms with van der Waals surface area (Å²) in [4.78, 5) is 20.6. The second kappa shape index (κ2) is 11.4. The normalized spacial score (nSPS) is 18.5. The van der Waals surface area contributed by atoms with Crippen molar-refractivity contribution in [1.82, 2.24) is 14.7 Å². The van der Waals surface area contributed by atoms with Gasteiger partial charge in [-0.15, -0.1) is 0 Å². The first-order valence-electron chi connectivity index (χ1n) is 13.4. The number of aryl methyl sites for hydroxylation is 2. The Morgan fingerprint density at radius 3 is 2.22 bits per heavy atom. The number of hydrogen-bond donors (Lipinski definition) is 1. The molecule has 0 radical (unpaired) electrons. The van der Waals surface area contributed by atoms with Crippen molar-refractivity contribution in [1.29, 1.82) is 0 Å². The molecule has 196 valence electrons. The fraction of sp³-hybridized carbons (Fsp3) is 0.406. The maximum absolute atomic E-state index is 13.7. The van der Waals surface area contributed by atoms with Crippen molar-refractivity contribution in [2.75, 3.05) is 39.3 Å². The lowest BCUT2D eigenvalue weighted by Gasteiger charge is -2.42. The molecule has 0 aromatic heterocycles. The Morgan fingerprint density at radius 2 is 1.62 bits per heavy atom. The summed E-state index contributed by atoms with van der Waals surface area (Å²) >= 11 is 0. The number of amides is 1. The van der Waals surface area contributed by atoms with Crippen LogP contribution in [-0.2, 0) is 12.0 Å². The van der Waals surface area contributed by atoms with Crippen LogP contribution in [0, 0.1) is 13.8 Å². The molecule has 2 N–H and O–H groups in total. The van der Waals surface area contributed by atoms with Crippen LogP contribution in [0.1, 0.15) is 52.4 Å². The first-order valence-corrected chi connectivity index (χ1v) is 13.4. The smallest absolute Gasteiger partial charge is 0.254 e. The monoisotopic (exact) mass is 498 g/mol. The highest BCUT2D eigenvalue weighted by atomic mass is 16.2. The second-order valence-corrected chi connectivity index (χ2v) is 10.7. The van der Waals surface area contributed by atoms with Crippen LogP contribution in [0.15, 0.2) is 79.2 Å². The lowest BCUT2D eigenvalue weighted by atomic mass is 9.70. The standard InChI is InChI=1S/C32H42N4O/c1-6-10-26(4)35-19-17-34(18-20-35)23-28-22-30(25(3)21-24(28)2)31(37)36-15-13-32(14-16-36,27(5)33)29-11-8-7-9-12-29/h6-12,21-22H,1,5,13-20,23,33H2,2-4H3/b26-10+. The molecule has 2 aliphatic rings. The number of nitrogens with two attached hydrogens (primary N) is 1. The molecule has 4 rings (SSSR count). The minimum atomic E-state index is -0.271. The van der Waals surface area contributed by atoms with E-state index in [1.165, 1.54) is 22.4 Å². The van der Waals surface area contributed by atoms with Crippen molar-refractivity contribution in [2.24, 2.45) is 5.73 Å². The molecule has 2 aromatic carbocycles. The lowest BCUT2D eigenvalue weighted by Crippen LogP contribution is -2.47. The third-order valence-electron chi connectivity index (χ3n) is 8.38. The van der Waals surface area contributed by atoms with E-state index in [0.29, 0.717) is 18.8 Å². The Morgan fingerprint density at radius 1 is 0.973 bits per heavy atom. The first kappa shape index (κ1) is 26.7. The summed E-state index contributed by atoms with van der Waals surface area (Å²) in [6.45, 7) is 20.6. The Kier molecular flexibility index (Phi) is 8.23. The van der Waals surface area contributed by atoms with Gasteiger partial charge in [0.25, 0.3) is 5.91 Å². The van der Waals surface area contributed by atoms with Gasteiger partial charge in [0.05, 0.1) is 0 Å². The largest absolute Gasteiger partial charge is 0.402 e. The van der Waals surface area contributed by atoms with E-state index >= 15 is 0 Å². The number of carbonyl (C=O) groups is 1. The van der Waals surface area contributed by atoms with Crippen LogP contribution in [0.3, 0.4) is 0 Å². The van der Waals surface area contributed by atoms with Gasteiger partial charge in [0.1, 0.15) is 0 Å². The van der Waals surface area contributed by atoms with E-state index in [4.69, 9.17) is 5.73 Å². The molecular weight excluding hydrogens is 456 g/mol. The summed E-state index contributed by atoms with van der Waals surface area (Å²) in [5, 5.41) is 0. The molecule has 2 saturated heterocycles. The molecule has 2 aromatic rings. The van der Waals surface area contributed by atoms with Crippen LogP contribution in [0.4, 0.5) is 0 Å². The van der Waals surface area contributed by atoms with Gasteiger partial charge >= 0.3 is 0 Å². The van der Waals surface area contributed by atoms with Crippen molar-refractivity contribution < 1.29 is 4.79 Å². The van der Waals surface area contributed by atoms with Gasteiger partial charge < -0.3 is 15.5 Å². The zero-order valence-electron chi connectivity index (χ0n) is 22.8. The number of benzene rings is 2.